The van der Waals surface area contributed by atoms with Gasteiger partial charge in [0.05, 0.1) is 18.6 Å². The third-order valence-electron chi connectivity index (χ3n) is 3.81. The van der Waals surface area contributed by atoms with Gasteiger partial charge in [0.15, 0.2) is 5.78 Å². The number of carbonyl (C=O) groups is 1. The standard InChI is InChI=1S/C16H26O3/c1-12-5-6-15(19-4)13(11-17)14(18)8-10-16(2,3)9-7-12/h7-8,10,13,15,17H,5-6,9,11H2,1-4H3/b10-8+,12-7+/t13-,15-/m0/s1. The van der Waals surface area contributed by atoms with Gasteiger partial charge in [-0.2, -0.15) is 0 Å². The van der Waals surface area contributed by atoms with Crippen LogP contribution in [-0.4, -0.2) is 30.7 Å². The first-order chi connectivity index (χ1) is 8.89. The molecule has 0 fully saturated rings. The molecule has 0 aromatic rings. The molecule has 0 aliphatic heterocycles. The zero-order chi connectivity index (χ0) is 14.5. The van der Waals surface area contributed by atoms with Crippen molar-refractivity contribution >= 4 is 5.78 Å². The molecular formula is C16H26O3. The van der Waals surface area contributed by atoms with Gasteiger partial charge >= 0.3 is 0 Å². The second-order valence-corrected chi connectivity index (χ2v) is 6.08. The van der Waals surface area contributed by atoms with Crippen LogP contribution in [0.2, 0.25) is 0 Å². The van der Waals surface area contributed by atoms with Gasteiger partial charge in [-0.1, -0.05) is 31.6 Å². The minimum atomic E-state index is -0.456. The van der Waals surface area contributed by atoms with Gasteiger partial charge in [-0.05, 0) is 37.7 Å². The number of hydrogen-bond acceptors (Lipinski definition) is 3. The summed E-state index contributed by atoms with van der Waals surface area (Å²) in [5.74, 6) is -0.495. The minimum Gasteiger partial charge on any atom is -0.396 e. The van der Waals surface area contributed by atoms with E-state index in [4.69, 9.17) is 4.74 Å². The van der Waals surface area contributed by atoms with Gasteiger partial charge in [0.1, 0.15) is 0 Å². The second kappa shape index (κ2) is 7.01. The number of allylic oxidation sites excluding steroid dienone is 4. The first-order valence-corrected chi connectivity index (χ1v) is 6.92. The number of rotatable bonds is 2. The summed E-state index contributed by atoms with van der Waals surface area (Å²) < 4.78 is 5.40. The topological polar surface area (TPSA) is 46.5 Å². The third-order valence-corrected chi connectivity index (χ3v) is 3.81. The molecule has 1 aliphatic rings. The normalized spacial score (nSPS) is 33.1. The molecule has 1 aliphatic carbocycles. The van der Waals surface area contributed by atoms with E-state index in [2.05, 4.69) is 26.8 Å². The van der Waals surface area contributed by atoms with Crippen LogP contribution in [0.4, 0.5) is 0 Å². The molecule has 3 nitrogen and oxygen atoms in total. The van der Waals surface area contributed by atoms with Crippen molar-refractivity contribution < 1.29 is 14.6 Å². The summed E-state index contributed by atoms with van der Waals surface area (Å²) in [6, 6.07) is 0. The highest BCUT2D eigenvalue weighted by atomic mass is 16.5. The lowest BCUT2D eigenvalue weighted by Gasteiger charge is -2.22. The molecule has 0 aromatic carbocycles. The summed E-state index contributed by atoms with van der Waals surface area (Å²) in [4.78, 5) is 12.2. The molecule has 0 amide bonds. The fraction of sp³-hybridized carbons (Fsp3) is 0.688. The summed E-state index contributed by atoms with van der Waals surface area (Å²) in [5, 5.41) is 9.46. The molecule has 0 bridgehead atoms. The van der Waals surface area contributed by atoms with Gasteiger partial charge < -0.3 is 9.84 Å². The van der Waals surface area contributed by atoms with Crippen LogP contribution in [0.15, 0.2) is 23.8 Å². The lowest BCUT2D eigenvalue weighted by molar-refractivity contribution is -0.124. The molecule has 0 aromatic heterocycles. The molecule has 2 atom stereocenters. The van der Waals surface area contributed by atoms with Gasteiger partial charge in [-0.15, -0.1) is 0 Å². The molecule has 0 saturated carbocycles. The number of aliphatic hydroxyl groups is 1. The summed E-state index contributed by atoms with van der Waals surface area (Å²) in [6.45, 7) is 6.17. The zero-order valence-electron chi connectivity index (χ0n) is 12.5. The molecule has 19 heavy (non-hydrogen) atoms. The minimum absolute atomic E-state index is 0.0379. The smallest absolute Gasteiger partial charge is 0.163 e. The van der Waals surface area contributed by atoms with Crippen molar-refractivity contribution in [2.45, 2.75) is 46.1 Å². The Morgan fingerprint density at radius 1 is 1.47 bits per heavy atom. The van der Waals surface area contributed by atoms with Crippen molar-refractivity contribution in [1.82, 2.24) is 0 Å². The molecule has 1 rings (SSSR count). The Morgan fingerprint density at radius 3 is 2.74 bits per heavy atom. The van der Waals surface area contributed by atoms with Crippen LogP contribution in [0, 0.1) is 11.3 Å². The van der Waals surface area contributed by atoms with Crippen molar-refractivity contribution in [3.8, 4) is 0 Å². The van der Waals surface area contributed by atoms with E-state index in [1.54, 1.807) is 13.2 Å². The molecule has 0 radical (unpaired) electrons. The maximum absolute atomic E-state index is 12.2. The van der Waals surface area contributed by atoms with Gasteiger partial charge in [0, 0.05) is 7.11 Å². The molecule has 0 heterocycles. The van der Waals surface area contributed by atoms with Crippen molar-refractivity contribution in [3.05, 3.63) is 23.8 Å². The van der Waals surface area contributed by atoms with Crippen LogP contribution < -0.4 is 0 Å². The highest BCUT2D eigenvalue weighted by Crippen LogP contribution is 2.27. The van der Waals surface area contributed by atoms with Gasteiger partial charge in [0.25, 0.3) is 0 Å². The quantitative estimate of drug-likeness (QED) is 0.782. The number of aliphatic hydroxyl groups excluding tert-OH is 1. The summed E-state index contributed by atoms with van der Waals surface area (Å²) in [7, 11) is 1.60. The Kier molecular flexibility index (Phi) is 5.95. The first-order valence-electron chi connectivity index (χ1n) is 6.92. The van der Waals surface area contributed by atoms with Crippen molar-refractivity contribution in [2.75, 3.05) is 13.7 Å². The summed E-state index contributed by atoms with van der Waals surface area (Å²) in [6.07, 6.45) is 8.17. The first kappa shape index (κ1) is 16.1. The highest BCUT2D eigenvalue weighted by Gasteiger charge is 2.27. The average Bonchev–Trinajstić information content (AvgIpc) is 2.39. The van der Waals surface area contributed by atoms with Crippen molar-refractivity contribution in [3.63, 3.8) is 0 Å². The SMILES string of the molecule is CO[C@H]1CC/C(C)=C/CC(C)(C)/C=C/C(=O)[C@@H]1CO. The van der Waals surface area contributed by atoms with E-state index in [9.17, 15) is 9.90 Å². The van der Waals surface area contributed by atoms with Crippen LogP contribution in [-0.2, 0) is 9.53 Å². The van der Waals surface area contributed by atoms with Crippen molar-refractivity contribution in [2.24, 2.45) is 11.3 Å². The Labute approximate surface area is 116 Å². The number of ether oxygens (including phenoxy) is 1. The maximum atomic E-state index is 12.2. The van der Waals surface area contributed by atoms with Crippen molar-refractivity contribution in [1.29, 1.82) is 0 Å². The molecule has 1 N–H and O–H groups in total. The Morgan fingerprint density at radius 2 is 2.16 bits per heavy atom. The maximum Gasteiger partial charge on any atom is 0.163 e. The van der Waals surface area contributed by atoms with Gasteiger partial charge in [0.2, 0.25) is 0 Å². The average molecular weight is 266 g/mol. The number of methoxy groups -OCH3 is 1. The third kappa shape index (κ3) is 4.92. The Balaban J connectivity index is 3.01. The van der Waals surface area contributed by atoms with E-state index in [0.717, 1.165) is 19.3 Å². The number of carbonyl (C=O) groups excluding carboxylic acids is 1. The number of hydrogen-bond donors (Lipinski definition) is 1. The van der Waals surface area contributed by atoms with Crippen LogP contribution in [0.5, 0.6) is 0 Å². The van der Waals surface area contributed by atoms with E-state index in [0.29, 0.717) is 0 Å². The van der Waals surface area contributed by atoms with E-state index in [-0.39, 0.29) is 23.9 Å². The number of ketones is 1. The molecule has 108 valence electrons. The van der Waals surface area contributed by atoms with Crippen LogP contribution >= 0.6 is 0 Å². The molecule has 0 spiro atoms. The Hall–Kier alpha value is -0.930. The summed E-state index contributed by atoms with van der Waals surface area (Å²) in [5.41, 5.74) is 1.28. The van der Waals surface area contributed by atoms with E-state index in [1.165, 1.54) is 5.57 Å². The molecular weight excluding hydrogens is 240 g/mol. The van der Waals surface area contributed by atoms with Gasteiger partial charge in [-0.3, -0.25) is 4.79 Å². The molecule has 3 heteroatoms. The second-order valence-electron chi connectivity index (χ2n) is 6.08. The Bertz CT molecular complexity index is 366. The van der Waals surface area contributed by atoms with Gasteiger partial charge in [-0.25, -0.2) is 0 Å². The molecule has 0 saturated heterocycles. The van der Waals surface area contributed by atoms with Crippen LogP contribution in [0.1, 0.15) is 40.0 Å². The van der Waals surface area contributed by atoms with E-state index in [1.807, 2.05) is 6.08 Å². The fourth-order valence-corrected chi connectivity index (χ4v) is 2.28. The monoisotopic (exact) mass is 266 g/mol. The lowest BCUT2D eigenvalue weighted by Crippen LogP contribution is -2.32. The van der Waals surface area contributed by atoms with Crippen LogP contribution in [0.3, 0.4) is 0 Å². The van der Waals surface area contributed by atoms with E-state index < -0.39 is 5.92 Å². The fourth-order valence-electron chi connectivity index (χ4n) is 2.28. The molecule has 0 unspecified atom stereocenters. The lowest BCUT2D eigenvalue weighted by atomic mass is 9.87. The predicted octanol–water partition coefficient (Wildman–Crippen LogP) is 2.89. The largest absolute Gasteiger partial charge is 0.396 e. The summed E-state index contributed by atoms with van der Waals surface area (Å²) >= 11 is 0. The van der Waals surface area contributed by atoms with Crippen LogP contribution in [0.25, 0.3) is 0 Å². The predicted molar refractivity (Wildman–Crippen MR) is 76.9 cm³/mol. The zero-order valence-corrected chi connectivity index (χ0v) is 12.5. The highest BCUT2D eigenvalue weighted by molar-refractivity contribution is 5.92. The van der Waals surface area contributed by atoms with E-state index >= 15 is 0 Å².